The lowest BCUT2D eigenvalue weighted by Crippen LogP contribution is -2.48. The molecule has 0 saturated carbocycles. The maximum Gasteiger partial charge on any atom is 0.432 e. The number of H-pyrrole nitrogens is 1. The summed E-state index contributed by atoms with van der Waals surface area (Å²) in [5.74, 6) is -0.484. The molecular weight excluding hydrogens is 325 g/mol. The zero-order valence-electron chi connectivity index (χ0n) is 13.0. The van der Waals surface area contributed by atoms with Crippen LogP contribution in [0.25, 0.3) is 0 Å². The predicted molar refractivity (Wildman–Crippen MR) is 78.0 cm³/mol. The van der Waals surface area contributed by atoms with Crippen molar-refractivity contribution in [3.05, 3.63) is 35.4 Å². The largest absolute Gasteiger partial charge is 0.432 e. The van der Waals surface area contributed by atoms with E-state index in [9.17, 15) is 18.0 Å². The molecule has 7 nitrogen and oxygen atoms in total. The van der Waals surface area contributed by atoms with Crippen molar-refractivity contribution in [3.63, 3.8) is 0 Å². The summed E-state index contributed by atoms with van der Waals surface area (Å²) in [6.45, 7) is 2.94. The zero-order valence-corrected chi connectivity index (χ0v) is 13.0. The molecule has 2 aromatic rings. The minimum absolute atomic E-state index is 0.206. The van der Waals surface area contributed by atoms with Crippen molar-refractivity contribution < 1.29 is 18.0 Å². The lowest BCUT2D eigenvalue weighted by Gasteiger charge is -2.34. The van der Waals surface area contributed by atoms with E-state index in [-0.39, 0.29) is 5.69 Å². The number of nitrogens with one attached hydrogen (secondary N) is 1. The average molecular weight is 342 g/mol. The number of piperazine rings is 1. The van der Waals surface area contributed by atoms with Crippen molar-refractivity contribution in [3.8, 4) is 0 Å². The van der Waals surface area contributed by atoms with Crippen molar-refractivity contribution in [2.24, 2.45) is 7.05 Å². The molecule has 3 rings (SSSR count). The lowest BCUT2D eigenvalue weighted by atomic mass is 10.2. The van der Waals surface area contributed by atoms with Gasteiger partial charge in [0.1, 0.15) is 5.69 Å². The first-order valence-corrected chi connectivity index (χ1v) is 7.44. The van der Waals surface area contributed by atoms with Crippen LogP contribution in [0.4, 0.5) is 13.2 Å². The number of carbonyl (C=O) groups excluding carboxylic acids is 1. The van der Waals surface area contributed by atoms with Crippen LogP contribution >= 0.6 is 0 Å². The summed E-state index contributed by atoms with van der Waals surface area (Å²) >= 11 is 0. The number of hydrogen-bond donors (Lipinski definition) is 1. The fourth-order valence-corrected chi connectivity index (χ4v) is 2.66. The number of aromatic nitrogens is 4. The summed E-state index contributed by atoms with van der Waals surface area (Å²) in [5.41, 5.74) is -0.136. The van der Waals surface area contributed by atoms with E-state index in [0.717, 1.165) is 18.2 Å². The molecule has 0 aliphatic carbocycles. The number of alkyl halides is 3. The quantitative estimate of drug-likeness (QED) is 0.908. The van der Waals surface area contributed by atoms with Crippen molar-refractivity contribution >= 4 is 5.91 Å². The Balaban J connectivity index is 1.56. The smallest absolute Gasteiger partial charge is 0.335 e. The number of carbonyl (C=O) groups is 1. The highest BCUT2D eigenvalue weighted by molar-refractivity contribution is 5.92. The van der Waals surface area contributed by atoms with Crippen molar-refractivity contribution in [1.29, 1.82) is 0 Å². The highest BCUT2D eigenvalue weighted by Crippen LogP contribution is 2.28. The molecule has 0 bridgehead atoms. The monoisotopic (exact) mass is 342 g/mol. The molecule has 0 atom stereocenters. The molecule has 1 saturated heterocycles. The summed E-state index contributed by atoms with van der Waals surface area (Å²) in [5, 5.41) is 9.46. The van der Waals surface area contributed by atoms with Gasteiger partial charge < -0.3 is 4.90 Å². The normalized spacial score (nSPS) is 16.6. The van der Waals surface area contributed by atoms with Crippen molar-refractivity contribution in [2.45, 2.75) is 12.7 Å². The molecule has 1 fully saturated rings. The molecule has 0 spiro atoms. The summed E-state index contributed by atoms with van der Waals surface area (Å²) in [6.07, 6.45) is -0.812. The number of aromatic amines is 1. The molecule has 2 aromatic heterocycles. The maximum atomic E-state index is 12.6. The Hall–Kier alpha value is -2.36. The third-order valence-electron chi connectivity index (χ3n) is 3.93. The molecule has 130 valence electrons. The number of nitrogens with zero attached hydrogens (tertiary/aromatic N) is 5. The number of amides is 1. The van der Waals surface area contributed by atoms with E-state index < -0.39 is 17.8 Å². The van der Waals surface area contributed by atoms with Crippen molar-refractivity contribution in [1.82, 2.24) is 29.8 Å². The van der Waals surface area contributed by atoms with Gasteiger partial charge in [-0.1, -0.05) is 0 Å². The molecule has 1 aliphatic rings. The van der Waals surface area contributed by atoms with E-state index in [0.29, 0.717) is 26.2 Å². The average Bonchev–Trinajstić information content (AvgIpc) is 3.16. The van der Waals surface area contributed by atoms with Gasteiger partial charge in [-0.3, -0.25) is 19.5 Å². The fourth-order valence-electron chi connectivity index (χ4n) is 2.66. The number of halogens is 3. The summed E-state index contributed by atoms with van der Waals surface area (Å²) in [7, 11) is 1.85. The Morgan fingerprint density at radius 1 is 1.29 bits per heavy atom. The minimum Gasteiger partial charge on any atom is -0.335 e. The number of aryl methyl sites for hydroxylation is 1. The van der Waals surface area contributed by atoms with Gasteiger partial charge in [-0.15, -0.1) is 0 Å². The Kier molecular flexibility index (Phi) is 4.31. The first-order chi connectivity index (χ1) is 11.3. The van der Waals surface area contributed by atoms with Gasteiger partial charge >= 0.3 is 6.18 Å². The second kappa shape index (κ2) is 6.27. The number of hydrogen-bond acceptors (Lipinski definition) is 4. The van der Waals surface area contributed by atoms with Crippen LogP contribution in [0.15, 0.2) is 18.5 Å². The molecule has 0 aromatic carbocycles. The van der Waals surface area contributed by atoms with Gasteiger partial charge in [0, 0.05) is 57.6 Å². The van der Waals surface area contributed by atoms with Gasteiger partial charge in [-0.05, 0) is 0 Å². The van der Waals surface area contributed by atoms with E-state index in [4.69, 9.17) is 0 Å². The SMILES string of the molecule is Cn1cc(CN2CCN(C(=O)c3cc(C(F)(F)F)[nH]n3)CC2)cn1. The Morgan fingerprint density at radius 2 is 2.00 bits per heavy atom. The molecule has 24 heavy (non-hydrogen) atoms. The number of rotatable bonds is 3. The van der Waals surface area contributed by atoms with Gasteiger partial charge in [0.25, 0.3) is 5.91 Å². The molecule has 0 unspecified atom stereocenters. The Bertz CT molecular complexity index is 714. The van der Waals surface area contributed by atoms with Crippen LogP contribution in [0.3, 0.4) is 0 Å². The lowest BCUT2D eigenvalue weighted by molar-refractivity contribution is -0.141. The topological polar surface area (TPSA) is 70.0 Å². The third-order valence-corrected chi connectivity index (χ3v) is 3.93. The molecular formula is C14H17F3N6O. The molecule has 1 N–H and O–H groups in total. The third kappa shape index (κ3) is 3.58. The first-order valence-electron chi connectivity index (χ1n) is 7.44. The molecule has 1 aliphatic heterocycles. The van der Waals surface area contributed by atoms with Crippen LogP contribution < -0.4 is 0 Å². The first kappa shape index (κ1) is 16.5. The van der Waals surface area contributed by atoms with E-state index in [2.05, 4.69) is 15.1 Å². The van der Waals surface area contributed by atoms with E-state index in [1.165, 1.54) is 4.90 Å². The van der Waals surface area contributed by atoms with Crippen molar-refractivity contribution in [2.75, 3.05) is 26.2 Å². The highest BCUT2D eigenvalue weighted by atomic mass is 19.4. The van der Waals surface area contributed by atoms with Crippen LogP contribution in [0.1, 0.15) is 21.7 Å². The van der Waals surface area contributed by atoms with Gasteiger partial charge in [0.15, 0.2) is 5.69 Å². The summed E-state index contributed by atoms with van der Waals surface area (Å²) in [6, 6.07) is 0.754. The molecule has 3 heterocycles. The fraction of sp³-hybridized carbons (Fsp3) is 0.500. The summed E-state index contributed by atoms with van der Waals surface area (Å²) < 4.78 is 39.4. The van der Waals surface area contributed by atoms with Crippen LogP contribution in [0.2, 0.25) is 0 Å². The van der Waals surface area contributed by atoms with E-state index >= 15 is 0 Å². The van der Waals surface area contributed by atoms with Crippen LogP contribution in [0, 0.1) is 0 Å². The standard InChI is InChI=1S/C14H17F3N6O/c1-21-8-10(7-18-21)9-22-2-4-23(5-3-22)13(24)11-6-12(20-19-11)14(15,16)17/h6-8H,2-5,9H2,1H3,(H,19,20). The zero-order chi connectivity index (χ0) is 17.3. The Morgan fingerprint density at radius 3 is 2.54 bits per heavy atom. The van der Waals surface area contributed by atoms with Gasteiger partial charge in [-0.25, -0.2) is 0 Å². The maximum absolute atomic E-state index is 12.6. The second-order valence-electron chi connectivity index (χ2n) is 5.76. The van der Waals surface area contributed by atoms with Gasteiger partial charge in [-0.2, -0.15) is 23.4 Å². The van der Waals surface area contributed by atoms with E-state index in [1.54, 1.807) is 10.9 Å². The molecule has 0 radical (unpaired) electrons. The predicted octanol–water partition coefficient (Wildman–Crippen LogP) is 1.12. The van der Waals surface area contributed by atoms with Crippen LogP contribution in [-0.4, -0.2) is 61.9 Å². The minimum atomic E-state index is -4.53. The van der Waals surface area contributed by atoms with Crippen LogP contribution in [0.5, 0.6) is 0 Å². The molecule has 1 amide bonds. The van der Waals surface area contributed by atoms with E-state index in [1.807, 2.05) is 18.3 Å². The highest BCUT2D eigenvalue weighted by Gasteiger charge is 2.34. The second-order valence-corrected chi connectivity index (χ2v) is 5.76. The van der Waals surface area contributed by atoms with Gasteiger partial charge in [0.05, 0.1) is 6.20 Å². The van der Waals surface area contributed by atoms with Crippen LogP contribution in [-0.2, 0) is 19.8 Å². The molecule has 10 heteroatoms. The Labute approximate surface area is 136 Å². The summed E-state index contributed by atoms with van der Waals surface area (Å²) in [4.78, 5) is 15.9. The van der Waals surface area contributed by atoms with Gasteiger partial charge in [0.2, 0.25) is 0 Å².